The molecule has 0 atom stereocenters. The monoisotopic (exact) mass is 291 g/mol. The molecule has 0 aliphatic rings. The number of aromatic nitrogens is 4. The van der Waals surface area contributed by atoms with Gasteiger partial charge in [-0.3, -0.25) is 19.5 Å². The van der Waals surface area contributed by atoms with Crippen LogP contribution in [0, 0.1) is 10.1 Å². The van der Waals surface area contributed by atoms with Gasteiger partial charge in [0.1, 0.15) is 11.3 Å². The topological polar surface area (TPSA) is 86.2 Å². The number of nitrogens with zero attached hydrogens (tertiary/aromatic N) is 5. The second-order valence-electron chi connectivity index (χ2n) is 4.76. The molecule has 0 bridgehead atoms. The zero-order valence-corrected chi connectivity index (χ0v) is 11.2. The van der Waals surface area contributed by atoms with Gasteiger partial charge in [0.15, 0.2) is 0 Å². The van der Waals surface area contributed by atoms with Crippen molar-refractivity contribution in [3.8, 4) is 11.4 Å². The molecule has 0 saturated heterocycles. The highest BCUT2D eigenvalue weighted by Gasteiger charge is 2.11. The van der Waals surface area contributed by atoms with Gasteiger partial charge in [0.25, 0.3) is 5.69 Å². The molecular weight excluding hydrogens is 282 g/mol. The van der Waals surface area contributed by atoms with E-state index in [2.05, 4.69) is 15.0 Å². The van der Waals surface area contributed by atoms with Crippen LogP contribution in [0.5, 0.6) is 0 Å². The molecule has 0 fully saturated rings. The van der Waals surface area contributed by atoms with Gasteiger partial charge < -0.3 is 0 Å². The van der Waals surface area contributed by atoms with Crippen molar-refractivity contribution >= 4 is 22.4 Å². The third-order valence-electron chi connectivity index (χ3n) is 3.42. The number of rotatable bonds is 2. The number of imidazole rings is 1. The number of benzene rings is 1. The first-order valence-corrected chi connectivity index (χ1v) is 6.56. The smallest absolute Gasteiger partial charge is 0.271 e. The van der Waals surface area contributed by atoms with Gasteiger partial charge >= 0.3 is 0 Å². The summed E-state index contributed by atoms with van der Waals surface area (Å²) in [4.78, 5) is 23.5. The number of non-ortho nitro benzene ring substituents is 1. The highest BCUT2D eigenvalue weighted by atomic mass is 16.6. The van der Waals surface area contributed by atoms with Gasteiger partial charge in [-0.25, -0.2) is 9.97 Å². The Morgan fingerprint density at radius 1 is 1.05 bits per heavy atom. The Morgan fingerprint density at radius 2 is 1.95 bits per heavy atom. The average molecular weight is 291 g/mol. The summed E-state index contributed by atoms with van der Waals surface area (Å²) in [5.74, 6) is 0. The fraction of sp³-hybridized carbons (Fsp3) is 0. The van der Waals surface area contributed by atoms with Crippen LogP contribution in [0.2, 0.25) is 0 Å². The molecule has 0 saturated carbocycles. The molecule has 3 heterocycles. The Labute approximate surface area is 124 Å². The number of fused-ring (bicyclic) bond motifs is 2. The average Bonchev–Trinajstić information content (AvgIpc) is 2.97. The van der Waals surface area contributed by atoms with Crippen LogP contribution < -0.4 is 0 Å². The maximum Gasteiger partial charge on any atom is 0.271 e. The van der Waals surface area contributed by atoms with E-state index in [4.69, 9.17) is 0 Å². The summed E-state index contributed by atoms with van der Waals surface area (Å²) >= 11 is 0. The van der Waals surface area contributed by atoms with Crippen LogP contribution in [0.4, 0.5) is 5.69 Å². The molecule has 4 rings (SSSR count). The molecule has 0 amide bonds. The molecule has 0 N–H and O–H groups in total. The lowest BCUT2D eigenvalue weighted by atomic mass is 10.2. The third-order valence-corrected chi connectivity index (χ3v) is 3.42. The highest BCUT2D eigenvalue weighted by molar-refractivity contribution is 5.79. The number of pyridine rings is 1. The van der Waals surface area contributed by atoms with Gasteiger partial charge in [-0.05, 0) is 18.2 Å². The molecule has 0 spiro atoms. The Bertz CT molecular complexity index is 1020. The standard InChI is InChI=1S/C15H9N5O2/c21-20(22)10-4-5-11-12(7-10)18-13(8-16-11)14-9-17-15-3-1-2-6-19(14)15/h1-9H. The SMILES string of the molecule is O=[N+]([O-])c1ccc2ncc(-c3cnc4ccccn34)nc2c1. The predicted molar refractivity (Wildman–Crippen MR) is 80.4 cm³/mol. The minimum atomic E-state index is -0.442. The molecule has 22 heavy (non-hydrogen) atoms. The number of nitro benzene ring substituents is 1. The van der Waals surface area contributed by atoms with E-state index in [1.54, 1.807) is 18.5 Å². The van der Waals surface area contributed by atoms with Crippen molar-refractivity contribution in [3.63, 3.8) is 0 Å². The Hall–Kier alpha value is -3.35. The second kappa shape index (κ2) is 4.59. The van der Waals surface area contributed by atoms with Crippen molar-refractivity contribution in [2.75, 3.05) is 0 Å². The molecule has 3 aromatic heterocycles. The highest BCUT2D eigenvalue weighted by Crippen LogP contribution is 2.22. The summed E-state index contributed by atoms with van der Waals surface area (Å²) in [6.45, 7) is 0. The fourth-order valence-corrected chi connectivity index (χ4v) is 2.36. The molecule has 7 nitrogen and oxygen atoms in total. The molecule has 7 heteroatoms. The summed E-state index contributed by atoms with van der Waals surface area (Å²) in [5, 5.41) is 10.9. The van der Waals surface area contributed by atoms with Crippen molar-refractivity contribution in [2.45, 2.75) is 0 Å². The molecular formula is C15H9N5O2. The van der Waals surface area contributed by atoms with Crippen molar-refractivity contribution in [1.82, 2.24) is 19.4 Å². The van der Waals surface area contributed by atoms with E-state index in [0.29, 0.717) is 16.7 Å². The van der Waals surface area contributed by atoms with E-state index in [1.165, 1.54) is 12.1 Å². The largest absolute Gasteiger partial charge is 0.298 e. The summed E-state index contributed by atoms with van der Waals surface area (Å²) < 4.78 is 1.90. The summed E-state index contributed by atoms with van der Waals surface area (Å²) in [5.41, 5.74) is 3.31. The zero-order chi connectivity index (χ0) is 15.1. The first-order valence-electron chi connectivity index (χ1n) is 6.56. The first kappa shape index (κ1) is 12.4. The Morgan fingerprint density at radius 3 is 2.82 bits per heavy atom. The molecule has 1 aromatic carbocycles. The summed E-state index contributed by atoms with van der Waals surface area (Å²) in [7, 11) is 0. The second-order valence-corrected chi connectivity index (χ2v) is 4.76. The Kier molecular flexibility index (Phi) is 2.59. The van der Waals surface area contributed by atoms with E-state index in [0.717, 1.165) is 11.3 Å². The normalized spacial score (nSPS) is 11.1. The zero-order valence-electron chi connectivity index (χ0n) is 11.2. The van der Waals surface area contributed by atoms with Crippen LogP contribution in [0.15, 0.2) is 55.0 Å². The van der Waals surface area contributed by atoms with Gasteiger partial charge in [-0.2, -0.15) is 0 Å². The molecule has 0 radical (unpaired) electrons. The minimum absolute atomic E-state index is 0.00269. The van der Waals surface area contributed by atoms with Crippen LogP contribution in [0.1, 0.15) is 0 Å². The van der Waals surface area contributed by atoms with E-state index < -0.39 is 4.92 Å². The molecule has 0 aliphatic carbocycles. The van der Waals surface area contributed by atoms with Crippen LogP contribution in [-0.2, 0) is 0 Å². The van der Waals surface area contributed by atoms with Crippen LogP contribution >= 0.6 is 0 Å². The first-order chi connectivity index (χ1) is 10.7. The van der Waals surface area contributed by atoms with Crippen LogP contribution in [0.25, 0.3) is 28.1 Å². The minimum Gasteiger partial charge on any atom is -0.298 e. The van der Waals surface area contributed by atoms with Crippen LogP contribution in [-0.4, -0.2) is 24.3 Å². The van der Waals surface area contributed by atoms with Crippen molar-refractivity contribution in [3.05, 3.63) is 65.1 Å². The molecule has 4 aromatic rings. The number of nitro groups is 1. The quantitative estimate of drug-likeness (QED) is 0.418. The third kappa shape index (κ3) is 1.87. The van der Waals surface area contributed by atoms with Gasteiger partial charge in [-0.1, -0.05) is 6.07 Å². The lowest BCUT2D eigenvalue weighted by Gasteiger charge is -2.02. The van der Waals surface area contributed by atoms with Crippen LogP contribution in [0.3, 0.4) is 0 Å². The molecule has 0 unspecified atom stereocenters. The fourth-order valence-electron chi connectivity index (χ4n) is 2.36. The van der Waals surface area contributed by atoms with Crippen molar-refractivity contribution in [2.24, 2.45) is 0 Å². The maximum absolute atomic E-state index is 10.9. The number of hydrogen-bond donors (Lipinski definition) is 0. The molecule has 0 aliphatic heterocycles. The van der Waals surface area contributed by atoms with Crippen molar-refractivity contribution < 1.29 is 4.92 Å². The van der Waals surface area contributed by atoms with E-state index >= 15 is 0 Å². The number of hydrogen-bond acceptors (Lipinski definition) is 5. The van der Waals surface area contributed by atoms with Gasteiger partial charge in [0.2, 0.25) is 0 Å². The van der Waals surface area contributed by atoms with E-state index in [9.17, 15) is 10.1 Å². The lowest BCUT2D eigenvalue weighted by Crippen LogP contribution is -1.94. The lowest BCUT2D eigenvalue weighted by molar-refractivity contribution is -0.384. The maximum atomic E-state index is 10.9. The molecule has 106 valence electrons. The predicted octanol–water partition coefficient (Wildman–Crippen LogP) is 2.85. The van der Waals surface area contributed by atoms with Crippen molar-refractivity contribution in [1.29, 1.82) is 0 Å². The summed E-state index contributed by atoms with van der Waals surface area (Å²) in [6.07, 6.45) is 5.24. The van der Waals surface area contributed by atoms with Gasteiger partial charge in [0.05, 0.1) is 34.0 Å². The Balaban J connectivity index is 1.93. The van der Waals surface area contributed by atoms with Gasteiger partial charge in [-0.15, -0.1) is 0 Å². The van der Waals surface area contributed by atoms with E-state index in [1.807, 2.05) is 28.8 Å². The van der Waals surface area contributed by atoms with Gasteiger partial charge in [0, 0.05) is 18.3 Å². The van der Waals surface area contributed by atoms with E-state index in [-0.39, 0.29) is 5.69 Å². The summed E-state index contributed by atoms with van der Waals surface area (Å²) in [6, 6.07) is 10.1.